The Bertz CT molecular complexity index is 966. The molecule has 0 saturated heterocycles. The fraction of sp³-hybridized carbons (Fsp3) is 0.389. The largest absolute Gasteiger partial charge is 0.472 e. The molecule has 1 aromatic carbocycles. The smallest absolute Gasteiger partial charge is 0.251 e. The standard InChI is InChI=1S/C18H18F2N4O3S/c19-13-7-12(8-14(20)9-13)11-28(25,26)24-15-1-3-16(4-2-15)27-18-17(10-21)22-5-6-23-18/h5-9,15-16,24H,1-4,11H2. The molecule has 0 bridgehead atoms. The van der Waals surface area contributed by atoms with Crippen molar-refractivity contribution in [2.75, 3.05) is 0 Å². The fourth-order valence-electron chi connectivity index (χ4n) is 3.15. The van der Waals surface area contributed by atoms with E-state index in [2.05, 4.69) is 14.7 Å². The van der Waals surface area contributed by atoms with E-state index in [0.717, 1.165) is 12.1 Å². The van der Waals surface area contributed by atoms with E-state index in [9.17, 15) is 17.2 Å². The second-order valence-electron chi connectivity index (χ2n) is 6.57. The summed E-state index contributed by atoms with van der Waals surface area (Å²) in [4.78, 5) is 7.89. The molecule has 0 radical (unpaired) electrons. The number of aromatic nitrogens is 2. The summed E-state index contributed by atoms with van der Waals surface area (Å²) in [6, 6.07) is 4.32. The van der Waals surface area contributed by atoms with Crippen molar-refractivity contribution in [1.82, 2.24) is 14.7 Å². The summed E-state index contributed by atoms with van der Waals surface area (Å²) in [6.07, 6.45) is 4.86. The number of nitriles is 1. The zero-order valence-electron chi connectivity index (χ0n) is 14.8. The van der Waals surface area contributed by atoms with Gasteiger partial charge in [0.25, 0.3) is 5.88 Å². The molecule has 0 spiro atoms. The molecule has 0 atom stereocenters. The molecule has 1 saturated carbocycles. The molecule has 1 aliphatic carbocycles. The first-order chi connectivity index (χ1) is 13.3. The summed E-state index contributed by atoms with van der Waals surface area (Å²) in [5.41, 5.74) is 0.154. The van der Waals surface area contributed by atoms with Crippen LogP contribution < -0.4 is 9.46 Å². The van der Waals surface area contributed by atoms with E-state index >= 15 is 0 Å². The number of hydrogen-bond acceptors (Lipinski definition) is 6. The van der Waals surface area contributed by atoms with Gasteiger partial charge in [0, 0.05) is 24.5 Å². The van der Waals surface area contributed by atoms with Crippen LogP contribution in [0.4, 0.5) is 8.78 Å². The second-order valence-corrected chi connectivity index (χ2v) is 8.32. The summed E-state index contributed by atoms with van der Waals surface area (Å²) in [7, 11) is -3.74. The number of halogens is 2. The van der Waals surface area contributed by atoms with Crippen LogP contribution >= 0.6 is 0 Å². The van der Waals surface area contributed by atoms with Gasteiger partial charge in [0.1, 0.15) is 23.8 Å². The van der Waals surface area contributed by atoms with Crippen LogP contribution in [0.2, 0.25) is 0 Å². The Kier molecular flexibility index (Phi) is 6.16. The molecule has 0 amide bonds. The summed E-state index contributed by atoms with van der Waals surface area (Å²) in [5, 5.41) is 9.02. The summed E-state index contributed by atoms with van der Waals surface area (Å²) >= 11 is 0. The van der Waals surface area contributed by atoms with Crippen molar-refractivity contribution in [3.05, 3.63) is 53.5 Å². The molecular formula is C18H18F2N4O3S. The van der Waals surface area contributed by atoms with Crippen molar-refractivity contribution in [3.63, 3.8) is 0 Å². The average Bonchev–Trinajstić information content (AvgIpc) is 2.62. The van der Waals surface area contributed by atoms with E-state index in [4.69, 9.17) is 10.00 Å². The molecule has 2 aromatic rings. The number of benzene rings is 1. The summed E-state index contributed by atoms with van der Waals surface area (Å²) in [5.74, 6) is -1.96. The van der Waals surface area contributed by atoms with Crippen LogP contribution in [0.1, 0.15) is 36.9 Å². The van der Waals surface area contributed by atoms with Crippen LogP contribution in [0, 0.1) is 23.0 Å². The first-order valence-corrected chi connectivity index (χ1v) is 10.3. The monoisotopic (exact) mass is 408 g/mol. The molecule has 0 aliphatic heterocycles. The Hall–Kier alpha value is -2.64. The van der Waals surface area contributed by atoms with Crippen molar-refractivity contribution in [2.24, 2.45) is 0 Å². The van der Waals surface area contributed by atoms with Crippen LogP contribution in [0.25, 0.3) is 0 Å². The number of hydrogen-bond donors (Lipinski definition) is 1. The molecule has 10 heteroatoms. The highest BCUT2D eigenvalue weighted by atomic mass is 32.2. The number of nitrogens with zero attached hydrogens (tertiary/aromatic N) is 3. The van der Waals surface area contributed by atoms with Crippen LogP contribution in [0.15, 0.2) is 30.6 Å². The van der Waals surface area contributed by atoms with Gasteiger partial charge in [-0.2, -0.15) is 5.26 Å². The highest BCUT2D eigenvalue weighted by Crippen LogP contribution is 2.24. The van der Waals surface area contributed by atoms with Gasteiger partial charge in [-0.15, -0.1) is 0 Å². The molecule has 1 N–H and O–H groups in total. The topological polar surface area (TPSA) is 105 Å². The van der Waals surface area contributed by atoms with Gasteiger partial charge in [-0.25, -0.2) is 31.9 Å². The lowest BCUT2D eigenvalue weighted by molar-refractivity contribution is 0.137. The van der Waals surface area contributed by atoms with E-state index in [0.29, 0.717) is 31.7 Å². The molecule has 1 heterocycles. The quantitative estimate of drug-likeness (QED) is 0.787. The lowest BCUT2D eigenvalue weighted by Crippen LogP contribution is -2.40. The molecule has 7 nitrogen and oxygen atoms in total. The Morgan fingerprint density at radius 3 is 2.39 bits per heavy atom. The fourth-order valence-corrected chi connectivity index (χ4v) is 4.59. The van der Waals surface area contributed by atoms with E-state index in [1.165, 1.54) is 12.4 Å². The molecule has 1 aliphatic rings. The van der Waals surface area contributed by atoms with Crippen LogP contribution in [0.3, 0.4) is 0 Å². The van der Waals surface area contributed by atoms with Crippen molar-refractivity contribution < 1.29 is 21.9 Å². The normalized spacial score (nSPS) is 19.8. The van der Waals surface area contributed by atoms with E-state index in [-0.39, 0.29) is 29.3 Å². The molecule has 1 fully saturated rings. The Morgan fingerprint density at radius 1 is 1.11 bits per heavy atom. The van der Waals surface area contributed by atoms with Gasteiger partial charge < -0.3 is 4.74 Å². The molecule has 3 rings (SSSR count). The van der Waals surface area contributed by atoms with Crippen LogP contribution in [-0.4, -0.2) is 30.5 Å². The van der Waals surface area contributed by atoms with Gasteiger partial charge in [0.05, 0.1) is 5.75 Å². The van der Waals surface area contributed by atoms with Gasteiger partial charge in [0.15, 0.2) is 0 Å². The number of ether oxygens (including phenoxy) is 1. The summed E-state index contributed by atoms with van der Waals surface area (Å²) in [6.45, 7) is 0. The third-order valence-electron chi connectivity index (χ3n) is 4.35. The third-order valence-corrected chi connectivity index (χ3v) is 5.75. The van der Waals surface area contributed by atoms with Gasteiger partial charge in [-0.3, -0.25) is 0 Å². The first kappa shape index (κ1) is 20.1. The minimum Gasteiger partial charge on any atom is -0.472 e. The highest BCUT2D eigenvalue weighted by Gasteiger charge is 2.27. The van der Waals surface area contributed by atoms with Crippen molar-refractivity contribution in [2.45, 2.75) is 43.6 Å². The third kappa shape index (κ3) is 5.43. The van der Waals surface area contributed by atoms with E-state index in [1.54, 1.807) is 0 Å². The van der Waals surface area contributed by atoms with Crippen LogP contribution in [0.5, 0.6) is 5.88 Å². The van der Waals surface area contributed by atoms with Crippen LogP contribution in [-0.2, 0) is 15.8 Å². The average molecular weight is 408 g/mol. The Balaban J connectivity index is 1.54. The predicted molar refractivity (Wildman–Crippen MR) is 95.5 cm³/mol. The lowest BCUT2D eigenvalue weighted by Gasteiger charge is -2.29. The molecule has 0 unspecified atom stereocenters. The maximum atomic E-state index is 13.2. The number of rotatable bonds is 6. The Morgan fingerprint density at radius 2 is 1.75 bits per heavy atom. The molecule has 28 heavy (non-hydrogen) atoms. The predicted octanol–water partition coefficient (Wildman–Crippen LogP) is 2.44. The highest BCUT2D eigenvalue weighted by molar-refractivity contribution is 7.88. The first-order valence-electron chi connectivity index (χ1n) is 8.67. The molecular weight excluding hydrogens is 390 g/mol. The van der Waals surface area contributed by atoms with Gasteiger partial charge in [-0.1, -0.05) is 0 Å². The van der Waals surface area contributed by atoms with Crippen molar-refractivity contribution in [3.8, 4) is 11.9 Å². The molecule has 1 aromatic heterocycles. The number of nitrogens with one attached hydrogen (secondary N) is 1. The zero-order valence-corrected chi connectivity index (χ0v) is 15.6. The van der Waals surface area contributed by atoms with Crippen molar-refractivity contribution in [1.29, 1.82) is 5.26 Å². The molecule has 148 valence electrons. The van der Waals surface area contributed by atoms with Crippen molar-refractivity contribution >= 4 is 10.0 Å². The minimum absolute atomic E-state index is 0.0497. The van der Waals surface area contributed by atoms with Gasteiger partial charge in [0.2, 0.25) is 15.7 Å². The summed E-state index contributed by atoms with van der Waals surface area (Å²) < 4.78 is 59.4. The minimum atomic E-state index is -3.74. The zero-order chi connectivity index (χ0) is 20.1. The lowest BCUT2D eigenvalue weighted by atomic mass is 9.94. The van der Waals surface area contributed by atoms with Gasteiger partial charge in [-0.05, 0) is 43.4 Å². The van der Waals surface area contributed by atoms with E-state index < -0.39 is 27.4 Å². The Labute approximate surface area is 161 Å². The number of sulfonamides is 1. The maximum Gasteiger partial charge on any atom is 0.251 e. The van der Waals surface area contributed by atoms with Gasteiger partial charge >= 0.3 is 0 Å². The second kappa shape index (κ2) is 8.58. The SMILES string of the molecule is N#Cc1nccnc1OC1CCC(NS(=O)(=O)Cc2cc(F)cc(F)c2)CC1. The van der Waals surface area contributed by atoms with E-state index in [1.807, 2.05) is 6.07 Å². The maximum absolute atomic E-state index is 13.2.